The number of carbonyl (C=O) groups excluding carboxylic acids is 1. The number of benzene rings is 1. The van der Waals surface area contributed by atoms with E-state index in [1.165, 1.54) is 24.8 Å². The maximum absolute atomic E-state index is 13.3. The molecule has 1 amide bonds. The summed E-state index contributed by atoms with van der Waals surface area (Å²) in [4.78, 5) is 19.6. The number of nitrogens with one attached hydrogen (secondary N) is 1. The number of hydrogen-bond donors (Lipinski definition) is 1. The third kappa shape index (κ3) is 4.15. The number of ether oxygens (including phenoxy) is 1. The van der Waals surface area contributed by atoms with Gasteiger partial charge in [0.25, 0.3) is 5.91 Å². The molecule has 164 valence electrons. The molecule has 7 nitrogen and oxygen atoms in total. The van der Waals surface area contributed by atoms with Gasteiger partial charge in [0.05, 0.1) is 24.5 Å². The molecule has 1 N–H and O–H groups in total. The number of oxazole rings is 1. The number of morpholine rings is 1. The minimum absolute atomic E-state index is 0.164. The van der Waals surface area contributed by atoms with Crippen LogP contribution in [0, 0.1) is 5.82 Å². The van der Waals surface area contributed by atoms with E-state index in [4.69, 9.17) is 9.15 Å². The number of aromatic nitrogens is 2. The summed E-state index contributed by atoms with van der Waals surface area (Å²) < 4.78 is 25.8. The van der Waals surface area contributed by atoms with Crippen LogP contribution in [-0.2, 0) is 4.74 Å². The first-order valence-electron chi connectivity index (χ1n) is 10.6. The molecule has 0 spiro atoms. The predicted octanol–water partition coefficient (Wildman–Crippen LogP) is 3.46. The van der Waals surface area contributed by atoms with E-state index in [9.17, 15) is 9.18 Å². The number of carbonyl (C=O) groups is 1. The van der Waals surface area contributed by atoms with E-state index < -0.39 is 0 Å². The molecule has 0 bridgehead atoms. The number of pyridine rings is 1. The molecule has 0 atom stereocenters. The van der Waals surface area contributed by atoms with Crippen molar-refractivity contribution in [2.24, 2.45) is 0 Å². The second-order valence-corrected chi connectivity index (χ2v) is 7.71. The van der Waals surface area contributed by atoms with Gasteiger partial charge >= 0.3 is 0 Å². The monoisotopic (exact) mass is 434 g/mol. The van der Waals surface area contributed by atoms with Crippen LogP contribution < -0.4 is 5.32 Å². The van der Waals surface area contributed by atoms with Crippen LogP contribution in [0.25, 0.3) is 28.0 Å². The van der Waals surface area contributed by atoms with Crippen LogP contribution in [0.2, 0.25) is 0 Å². The smallest absolute Gasteiger partial charge is 0.253 e. The summed E-state index contributed by atoms with van der Waals surface area (Å²) in [5.74, 6) is -0.446. The van der Waals surface area contributed by atoms with E-state index in [0.29, 0.717) is 23.5 Å². The Labute approximate surface area is 184 Å². The van der Waals surface area contributed by atoms with Crippen molar-refractivity contribution in [3.63, 3.8) is 0 Å². The molecule has 5 rings (SSSR count). The largest absolute Gasteiger partial charge is 0.451 e. The molecule has 1 aromatic carbocycles. The molecule has 32 heavy (non-hydrogen) atoms. The quantitative estimate of drug-likeness (QED) is 0.503. The normalized spacial score (nSPS) is 14.7. The highest BCUT2D eigenvalue weighted by molar-refractivity contribution is 6.02. The van der Waals surface area contributed by atoms with Crippen molar-refractivity contribution in [3.05, 3.63) is 72.7 Å². The highest BCUT2D eigenvalue weighted by Gasteiger charge is 2.21. The number of rotatable bonds is 6. The molecule has 1 fully saturated rings. The van der Waals surface area contributed by atoms with Crippen LogP contribution in [0.3, 0.4) is 0 Å². The number of nitrogens with zero attached hydrogens (tertiary/aromatic N) is 3. The fraction of sp³-hybridized carbons (Fsp3) is 0.250. The van der Waals surface area contributed by atoms with Crippen molar-refractivity contribution < 1.29 is 18.3 Å². The van der Waals surface area contributed by atoms with Gasteiger partial charge in [-0.2, -0.15) is 0 Å². The molecule has 0 aliphatic carbocycles. The molecule has 8 heteroatoms. The van der Waals surface area contributed by atoms with Gasteiger partial charge in [-0.3, -0.25) is 9.69 Å². The van der Waals surface area contributed by atoms with Crippen LogP contribution in [0.5, 0.6) is 0 Å². The SMILES string of the molecule is O=C(NCCN1CCOCC1)c1cc2ccc(-c3ccc(F)cc3)cn2c1-c1cocn1. The van der Waals surface area contributed by atoms with Crippen LogP contribution in [0.1, 0.15) is 10.4 Å². The second kappa shape index (κ2) is 8.94. The summed E-state index contributed by atoms with van der Waals surface area (Å²) in [6.45, 7) is 4.53. The summed E-state index contributed by atoms with van der Waals surface area (Å²) in [6, 6.07) is 12.1. The van der Waals surface area contributed by atoms with E-state index in [1.54, 1.807) is 12.1 Å². The fourth-order valence-electron chi connectivity index (χ4n) is 3.99. The van der Waals surface area contributed by atoms with E-state index >= 15 is 0 Å². The first-order chi connectivity index (χ1) is 15.7. The van der Waals surface area contributed by atoms with Crippen molar-refractivity contribution in [1.29, 1.82) is 0 Å². The van der Waals surface area contributed by atoms with Gasteiger partial charge in [-0.1, -0.05) is 18.2 Å². The highest BCUT2D eigenvalue weighted by Crippen LogP contribution is 2.29. The standard InChI is InChI=1S/C24H23FN4O3/c25-19-4-1-17(2-5-19)18-3-6-20-13-21(23(29(20)14-18)22-15-32-16-27-22)24(30)26-7-8-28-9-11-31-12-10-28/h1-6,13-16H,7-12H2,(H,26,30). The van der Waals surface area contributed by atoms with Crippen molar-refractivity contribution >= 4 is 11.4 Å². The molecular formula is C24H23FN4O3. The third-order valence-electron chi connectivity index (χ3n) is 5.68. The minimum atomic E-state index is -0.282. The lowest BCUT2D eigenvalue weighted by atomic mass is 10.1. The number of halogens is 1. The Morgan fingerprint density at radius 1 is 1.09 bits per heavy atom. The van der Waals surface area contributed by atoms with Crippen molar-refractivity contribution in [2.45, 2.75) is 0 Å². The van der Waals surface area contributed by atoms with Gasteiger partial charge in [-0.25, -0.2) is 9.37 Å². The molecule has 4 aromatic rings. The summed E-state index contributed by atoms with van der Waals surface area (Å²) in [7, 11) is 0. The van der Waals surface area contributed by atoms with Crippen LogP contribution >= 0.6 is 0 Å². The first-order valence-corrected chi connectivity index (χ1v) is 10.6. The topological polar surface area (TPSA) is 72.0 Å². The average Bonchev–Trinajstić information content (AvgIpc) is 3.47. The Bertz CT molecular complexity index is 1210. The van der Waals surface area contributed by atoms with Crippen molar-refractivity contribution in [2.75, 3.05) is 39.4 Å². The predicted molar refractivity (Wildman–Crippen MR) is 118 cm³/mol. The Morgan fingerprint density at radius 3 is 2.62 bits per heavy atom. The summed E-state index contributed by atoms with van der Waals surface area (Å²) in [5.41, 5.74) is 4.38. The molecule has 3 aromatic heterocycles. The van der Waals surface area contributed by atoms with Gasteiger partial charge in [0.1, 0.15) is 17.8 Å². The zero-order valence-electron chi connectivity index (χ0n) is 17.5. The number of fused-ring (bicyclic) bond motifs is 1. The molecule has 0 unspecified atom stereocenters. The Hall–Kier alpha value is -3.49. The lowest BCUT2D eigenvalue weighted by molar-refractivity contribution is 0.0383. The van der Waals surface area contributed by atoms with Gasteiger partial charge in [-0.15, -0.1) is 0 Å². The third-order valence-corrected chi connectivity index (χ3v) is 5.68. The van der Waals surface area contributed by atoms with Gasteiger partial charge in [0.2, 0.25) is 0 Å². The van der Waals surface area contributed by atoms with Crippen molar-refractivity contribution in [1.82, 2.24) is 19.6 Å². The van der Waals surface area contributed by atoms with Gasteiger partial charge < -0.3 is 18.9 Å². The number of hydrogen-bond acceptors (Lipinski definition) is 5. The summed E-state index contributed by atoms with van der Waals surface area (Å²) >= 11 is 0. The van der Waals surface area contributed by atoms with E-state index in [0.717, 1.165) is 49.5 Å². The van der Waals surface area contributed by atoms with Crippen LogP contribution in [0.4, 0.5) is 4.39 Å². The molecule has 1 saturated heterocycles. The first kappa shape index (κ1) is 20.4. The number of amides is 1. The molecule has 0 radical (unpaired) electrons. The minimum Gasteiger partial charge on any atom is -0.451 e. The summed E-state index contributed by atoms with van der Waals surface area (Å²) in [5, 5.41) is 3.03. The molecule has 1 aliphatic heterocycles. The zero-order valence-corrected chi connectivity index (χ0v) is 17.5. The van der Waals surface area contributed by atoms with Crippen molar-refractivity contribution in [3.8, 4) is 22.5 Å². The maximum atomic E-state index is 13.3. The highest BCUT2D eigenvalue weighted by atomic mass is 19.1. The fourth-order valence-corrected chi connectivity index (χ4v) is 3.99. The average molecular weight is 434 g/mol. The maximum Gasteiger partial charge on any atom is 0.253 e. The second-order valence-electron chi connectivity index (χ2n) is 7.71. The molecule has 4 heterocycles. The Balaban J connectivity index is 1.45. The van der Waals surface area contributed by atoms with E-state index in [1.807, 2.05) is 28.8 Å². The molecule has 0 saturated carbocycles. The summed E-state index contributed by atoms with van der Waals surface area (Å²) in [6.07, 6.45) is 4.80. The van der Waals surface area contributed by atoms with Gasteiger partial charge in [-0.05, 0) is 35.4 Å². The molecule has 1 aliphatic rings. The van der Waals surface area contributed by atoms with E-state index in [-0.39, 0.29) is 11.7 Å². The lowest BCUT2D eigenvalue weighted by Crippen LogP contribution is -2.41. The van der Waals surface area contributed by atoms with Crippen LogP contribution in [0.15, 0.2) is 65.7 Å². The molecular weight excluding hydrogens is 411 g/mol. The van der Waals surface area contributed by atoms with Crippen LogP contribution in [-0.4, -0.2) is 59.6 Å². The van der Waals surface area contributed by atoms with E-state index in [2.05, 4.69) is 15.2 Å². The van der Waals surface area contributed by atoms with Gasteiger partial charge in [0.15, 0.2) is 6.39 Å². The lowest BCUT2D eigenvalue weighted by Gasteiger charge is -2.26. The Kier molecular flexibility index (Phi) is 5.70. The Morgan fingerprint density at radius 2 is 1.88 bits per heavy atom. The zero-order chi connectivity index (χ0) is 21.9. The van der Waals surface area contributed by atoms with Gasteiger partial charge in [0, 0.05) is 37.9 Å².